The zero-order valence-corrected chi connectivity index (χ0v) is 58.4. The van der Waals surface area contributed by atoms with Gasteiger partial charge in [0.2, 0.25) is 5.91 Å². The Morgan fingerprint density at radius 3 is 1.14 bits per heavy atom. The number of carbonyl (C=O) groups is 1. The summed E-state index contributed by atoms with van der Waals surface area (Å²) >= 11 is 0. The summed E-state index contributed by atoms with van der Waals surface area (Å²) < 4.78 is 34.3. The molecule has 12 N–H and O–H groups in total. The van der Waals surface area contributed by atoms with Crippen molar-refractivity contribution >= 4 is 5.91 Å². The van der Waals surface area contributed by atoms with Crippen LogP contribution >= 0.6 is 0 Å². The fourth-order valence-corrected chi connectivity index (χ4v) is 12.7. The molecule has 3 aliphatic rings. The maximum atomic E-state index is 13.4. The van der Waals surface area contributed by atoms with Crippen molar-refractivity contribution in [2.24, 2.45) is 0 Å². The molecule has 0 aromatic heterocycles. The summed E-state index contributed by atoms with van der Waals surface area (Å²) in [4.78, 5) is 13.4. The molecule has 94 heavy (non-hydrogen) atoms. The SMILES string of the molecule is CCCCCC/C=C\C/C=C\CCCCCCCC(=O)NC(COC1OC(CO)C(OC2OC(CO)C(OC3OC(CO)C(O)C(O)C3O)C(O)C2O)C(O)C1O)C(O)/C=C/CC/C=C/CCCCCCCCCCCCCCCCCCCCCCCCCCCCC. The lowest BCUT2D eigenvalue weighted by Gasteiger charge is -2.48. The second kappa shape index (κ2) is 56.5. The lowest BCUT2D eigenvalue weighted by molar-refractivity contribution is -0.379. The van der Waals surface area contributed by atoms with Crippen LogP contribution in [0.5, 0.6) is 0 Å². The Labute approximate surface area is 567 Å². The van der Waals surface area contributed by atoms with Crippen LogP contribution in [0, 0.1) is 0 Å². The molecule has 550 valence electrons. The zero-order chi connectivity index (χ0) is 68.2. The minimum Gasteiger partial charge on any atom is -0.394 e. The highest BCUT2D eigenvalue weighted by molar-refractivity contribution is 5.76. The minimum atomic E-state index is -1.98. The van der Waals surface area contributed by atoms with Gasteiger partial charge in [-0.05, 0) is 64.2 Å². The largest absolute Gasteiger partial charge is 0.394 e. The van der Waals surface area contributed by atoms with Gasteiger partial charge in [-0.2, -0.15) is 0 Å². The standard InChI is InChI=1S/C75H137NO18/c1-3-5-7-9-11-13-15-17-19-21-22-23-24-25-26-27-28-29-30-31-32-33-34-35-36-37-38-40-42-44-46-48-50-52-59(80)58(76-63(81)53-51-49-47-45-43-41-39-20-18-16-14-12-10-8-6-4-2)57-89-73-69(87)66(84)71(61(55-78)91-73)94-75-70(88)67(85)72(62(56-79)92-75)93-74-68(86)65(83)64(82)60(54-77)90-74/h14,16,20,39,42,44,50,52,58-62,64-75,77-80,82-88H,3-13,15,17-19,21-38,40-41,43,45-49,51,53-57H2,1-2H3,(H,76,81)/b16-14-,39-20-,44-42+,52-50+. The van der Waals surface area contributed by atoms with Gasteiger partial charge in [-0.25, -0.2) is 0 Å². The van der Waals surface area contributed by atoms with Crippen molar-refractivity contribution in [2.45, 2.75) is 394 Å². The van der Waals surface area contributed by atoms with Crippen LogP contribution in [-0.4, -0.2) is 193 Å². The maximum absolute atomic E-state index is 13.4. The molecule has 3 fully saturated rings. The highest BCUT2D eigenvalue weighted by Crippen LogP contribution is 2.33. The van der Waals surface area contributed by atoms with E-state index in [1.165, 1.54) is 193 Å². The van der Waals surface area contributed by atoms with E-state index in [1.54, 1.807) is 6.08 Å². The normalized spacial score (nSPS) is 27.6. The smallest absolute Gasteiger partial charge is 0.220 e. The predicted octanol–water partition coefficient (Wildman–Crippen LogP) is 11.3. The van der Waals surface area contributed by atoms with Gasteiger partial charge in [-0.3, -0.25) is 4.79 Å². The van der Waals surface area contributed by atoms with Gasteiger partial charge in [0.1, 0.15) is 73.2 Å². The molecule has 0 radical (unpaired) electrons. The van der Waals surface area contributed by atoms with Crippen molar-refractivity contribution < 1.29 is 89.4 Å². The first kappa shape index (κ1) is 86.0. The van der Waals surface area contributed by atoms with Crippen molar-refractivity contribution in [3.8, 4) is 0 Å². The fraction of sp³-hybridized carbons (Fsp3) is 0.880. The highest BCUT2D eigenvalue weighted by Gasteiger charge is 2.53. The van der Waals surface area contributed by atoms with Gasteiger partial charge in [0, 0.05) is 6.42 Å². The summed E-state index contributed by atoms with van der Waals surface area (Å²) in [6.07, 6.45) is 42.6. The van der Waals surface area contributed by atoms with Crippen LogP contribution in [-0.2, 0) is 33.2 Å². The molecule has 1 amide bonds. The summed E-state index contributed by atoms with van der Waals surface area (Å²) in [7, 11) is 0. The molecule has 0 saturated carbocycles. The minimum absolute atomic E-state index is 0.219. The molecule has 19 nitrogen and oxygen atoms in total. The number of aliphatic hydroxyl groups is 11. The van der Waals surface area contributed by atoms with Crippen molar-refractivity contribution in [2.75, 3.05) is 26.4 Å². The van der Waals surface area contributed by atoms with E-state index < -0.39 is 124 Å². The maximum Gasteiger partial charge on any atom is 0.220 e. The van der Waals surface area contributed by atoms with E-state index in [-0.39, 0.29) is 18.9 Å². The molecular weight excluding hydrogens is 1200 g/mol. The molecule has 0 aliphatic carbocycles. The first-order valence-electron chi connectivity index (χ1n) is 37.9. The van der Waals surface area contributed by atoms with Crippen molar-refractivity contribution in [1.82, 2.24) is 5.32 Å². The average molecular weight is 1340 g/mol. The number of amides is 1. The first-order chi connectivity index (χ1) is 45.8. The van der Waals surface area contributed by atoms with E-state index in [2.05, 4.69) is 55.6 Å². The zero-order valence-electron chi connectivity index (χ0n) is 58.4. The second-order valence-corrected chi connectivity index (χ2v) is 27.1. The van der Waals surface area contributed by atoms with E-state index in [9.17, 15) is 61.0 Å². The third-order valence-corrected chi connectivity index (χ3v) is 18.8. The molecule has 17 atom stereocenters. The van der Waals surface area contributed by atoms with E-state index in [1.807, 2.05) is 6.08 Å². The molecule has 17 unspecified atom stereocenters. The number of nitrogens with one attached hydrogen (secondary N) is 1. The Balaban J connectivity index is 1.38. The van der Waals surface area contributed by atoms with Crippen LogP contribution in [0.2, 0.25) is 0 Å². The predicted molar refractivity (Wildman–Crippen MR) is 369 cm³/mol. The van der Waals surface area contributed by atoms with Gasteiger partial charge >= 0.3 is 0 Å². The van der Waals surface area contributed by atoms with Gasteiger partial charge in [0.05, 0.1) is 38.6 Å². The van der Waals surface area contributed by atoms with Crippen LogP contribution in [0.15, 0.2) is 48.6 Å². The second-order valence-electron chi connectivity index (χ2n) is 27.1. The van der Waals surface area contributed by atoms with Crippen LogP contribution in [0.4, 0.5) is 0 Å². The number of aliphatic hydroxyl groups excluding tert-OH is 11. The third kappa shape index (κ3) is 37.3. The summed E-state index contributed by atoms with van der Waals surface area (Å²) in [6, 6.07) is -0.999. The van der Waals surface area contributed by atoms with Gasteiger partial charge in [0.15, 0.2) is 18.9 Å². The topological polar surface area (TPSA) is 307 Å². The number of unbranched alkanes of at least 4 members (excludes halogenated alkanes) is 37. The van der Waals surface area contributed by atoms with Gasteiger partial charge in [-0.1, -0.05) is 268 Å². The molecule has 3 saturated heterocycles. The number of hydrogen-bond acceptors (Lipinski definition) is 18. The first-order valence-corrected chi connectivity index (χ1v) is 37.9. The van der Waals surface area contributed by atoms with Gasteiger partial charge in [0.25, 0.3) is 0 Å². The lowest BCUT2D eigenvalue weighted by atomic mass is 9.96. The number of carbonyl (C=O) groups excluding carboxylic acids is 1. The number of ether oxygens (including phenoxy) is 6. The molecule has 0 aromatic rings. The Morgan fingerprint density at radius 2 is 0.713 bits per heavy atom. The summed E-state index contributed by atoms with van der Waals surface area (Å²) in [5, 5.41) is 121. The van der Waals surface area contributed by atoms with E-state index in [0.29, 0.717) is 12.8 Å². The lowest BCUT2D eigenvalue weighted by Crippen LogP contribution is -2.66. The monoisotopic (exact) mass is 1340 g/mol. The summed E-state index contributed by atoms with van der Waals surface area (Å²) in [5.41, 5.74) is 0. The molecule has 0 bridgehead atoms. The molecule has 19 heteroatoms. The summed E-state index contributed by atoms with van der Waals surface area (Å²) in [6.45, 7) is 1.71. The third-order valence-electron chi connectivity index (χ3n) is 18.8. The Hall–Kier alpha value is -2.25. The van der Waals surface area contributed by atoms with E-state index in [0.717, 1.165) is 64.2 Å². The van der Waals surface area contributed by atoms with Crippen molar-refractivity contribution in [3.05, 3.63) is 48.6 Å². The number of hydrogen-bond donors (Lipinski definition) is 12. The van der Waals surface area contributed by atoms with Gasteiger partial charge < -0.3 is 89.9 Å². The molecule has 3 rings (SSSR count). The van der Waals surface area contributed by atoms with Crippen LogP contribution < -0.4 is 5.32 Å². The molecule has 3 aliphatic heterocycles. The van der Waals surface area contributed by atoms with Crippen LogP contribution in [0.25, 0.3) is 0 Å². The van der Waals surface area contributed by atoms with Crippen LogP contribution in [0.3, 0.4) is 0 Å². The Morgan fingerprint density at radius 1 is 0.383 bits per heavy atom. The van der Waals surface area contributed by atoms with Crippen molar-refractivity contribution in [1.29, 1.82) is 0 Å². The number of rotatable bonds is 59. The molecule has 0 aromatic carbocycles. The quantitative estimate of drug-likeness (QED) is 0.0199. The molecule has 3 heterocycles. The number of allylic oxidation sites excluding steroid dienone is 7. The van der Waals surface area contributed by atoms with E-state index in [4.69, 9.17) is 28.4 Å². The Kier molecular flexibility index (Phi) is 51.7. The Bertz CT molecular complexity index is 1890. The van der Waals surface area contributed by atoms with Gasteiger partial charge in [-0.15, -0.1) is 0 Å². The fourth-order valence-electron chi connectivity index (χ4n) is 12.7. The molecule has 0 spiro atoms. The average Bonchev–Trinajstić information content (AvgIpc) is 0.787. The van der Waals surface area contributed by atoms with E-state index >= 15 is 0 Å². The van der Waals surface area contributed by atoms with Crippen LogP contribution in [0.1, 0.15) is 290 Å². The molecular formula is C75H137NO18. The summed E-state index contributed by atoms with van der Waals surface area (Å²) in [5.74, 6) is -0.298. The van der Waals surface area contributed by atoms with Crippen molar-refractivity contribution in [3.63, 3.8) is 0 Å². The highest BCUT2D eigenvalue weighted by atomic mass is 16.8.